The fraction of sp³-hybridized carbons (Fsp3) is 0.385. The van der Waals surface area contributed by atoms with Crippen LogP contribution in [0.4, 0.5) is 10.5 Å². The first-order valence-corrected chi connectivity index (χ1v) is 5.68. The van der Waals surface area contributed by atoms with Crippen LogP contribution in [0, 0.1) is 5.41 Å². The second-order valence-corrected chi connectivity index (χ2v) is 5.03. The Morgan fingerprint density at radius 2 is 2.11 bits per heavy atom. The van der Waals surface area contributed by atoms with Crippen LogP contribution in [-0.2, 0) is 11.2 Å². The molecule has 98 valence electrons. The molecule has 0 fully saturated rings. The number of hydrogen-bond donors (Lipinski definition) is 3. The van der Waals surface area contributed by atoms with E-state index in [1.165, 1.54) is 0 Å². The van der Waals surface area contributed by atoms with Gasteiger partial charge in [-0.1, -0.05) is 12.1 Å². The number of carbonyl (C=O) groups excluding carboxylic acids is 1. The Balaban J connectivity index is 2.67. The molecule has 0 aliphatic rings. The number of amides is 1. The van der Waals surface area contributed by atoms with Gasteiger partial charge in [0.15, 0.2) is 0 Å². The number of anilines is 1. The molecule has 0 saturated carbocycles. The fourth-order valence-electron chi connectivity index (χ4n) is 1.40. The van der Waals surface area contributed by atoms with E-state index < -0.39 is 11.7 Å². The molecule has 0 heterocycles. The van der Waals surface area contributed by atoms with E-state index in [1.54, 1.807) is 39.0 Å². The van der Waals surface area contributed by atoms with Crippen LogP contribution in [0.5, 0.6) is 0 Å². The molecule has 0 bridgehead atoms. The minimum absolute atomic E-state index is 0.0874. The van der Waals surface area contributed by atoms with Gasteiger partial charge in [0.1, 0.15) is 5.60 Å². The van der Waals surface area contributed by atoms with E-state index in [-0.39, 0.29) is 5.84 Å². The molecule has 0 saturated heterocycles. The summed E-state index contributed by atoms with van der Waals surface area (Å²) >= 11 is 0. The third-order valence-corrected chi connectivity index (χ3v) is 1.97. The van der Waals surface area contributed by atoms with Crippen molar-refractivity contribution in [1.82, 2.24) is 0 Å². The summed E-state index contributed by atoms with van der Waals surface area (Å²) in [5, 5.41) is 9.87. The predicted molar refractivity (Wildman–Crippen MR) is 71.9 cm³/mol. The van der Waals surface area contributed by atoms with Crippen molar-refractivity contribution >= 4 is 17.6 Å². The Morgan fingerprint density at radius 3 is 2.67 bits per heavy atom. The summed E-state index contributed by atoms with van der Waals surface area (Å²) in [7, 11) is 0. The lowest BCUT2D eigenvalue weighted by Gasteiger charge is -2.19. The highest BCUT2D eigenvalue weighted by Gasteiger charge is 2.16. The van der Waals surface area contributed by atoms with Gasteiger partial charge in [-0.3, -0.25) is 10.7 Å². The molecule has 4 N–H and O–H groups in total. The molecule has 0 atom stereocenters. The molecule has 0 aliphatic carbocycles. The molecule has 1 aromatic rings. The van der Waals surface area contributed by atoms with Crippen LogP contribution in [0.3, 0.4) is 0 Å². The molecule has 0 aliphatic heterocycles. The second kappa shape index (κ2) is 5.53. The molecule has 1 amide bonds. The standard InChI is InChI=1S/C13H19N3O2/c1-13(2,3)18-12(17)16-10-6-4-5-9(7-10)8-11(14)15/h4-7H,8H2,1-3H3,(H3,14,15)(H,16,17). The maximum absolute atomic E-state index is 11.6. The third kappa shape index (κ3) is 5.34. The summed E-state index contributed by atoms with van der Waals surface area (Å²) in [5.41, 5.74) is 6.30. The summed E-state index contributed by atoms with van der Waals surface area (Å²) < 4.78 is 5.15. The Morgan fingerprint density at radius 1 is 1.44 bits per heavy atom. The first-order valence-electron chi connectivity index (χ1n) is 5.68. The van der Waals surface area contributed by atoms with Crippen molar-refractivity contribution in [1.29, 1.82) is 5.41 Å². The zero-order chi connectivity index (χ0) is 13.8. The largest absolute Gasteiger partial charge is 0.444 e. The summed E-state index contributed by atoms with van der Waals surface area (Å²) in [6.45, 7) is 5.41. The maximum Gasteiger partial charge on any atom is 0.412 e. The van der Waals surface area contributed by atoms with Crippen LogP contribution < -0.4 is 11.1 Å². The van der Waals surface area contributed by atoms with Crippen molar-refractivity contribution in [3.8, 4) is 0 Å². The van der Waals surface area contributed by atoms with E-state index in [9.17, 15) is 4.79 Å². The van der Waals surface area contributed by atoms with Crippen molar-refractivity contribution in [2.75, 3.05) is 5.32 Å². The SMILES string of the molecule is CC(C)(C)OC(=O)Nc1cccc(CC(=N)N)c1. The van der Waals surface area contributed by atoms with E-state index in [1.807, 2.05) is 6.07 Å². The summed E-state index contributed by atoms with van der Waals surface area (Å²) in [5.74, 6) is 0.0874. The molecule has 0 radical (unpaired) electrons. The molecule has 0 spiro atoms. The number of ether oxygens (including phenoxy) is 1. The monoisotopic (exact) mass is 249 g/mol. The lowest BCUT2D eigenvalue weighted by atomic mass is 10.1. The zero-order valence-corrected chi connectivity index (χ0v) is 10.9. The normalized spacial score (nSPS) is 10.8. The van der Waals surface area contributed by atoms with Crippen LogP contribution in [0.25, 0.3) is 0 Å². The molecule has 1 aromatic carbocycles. The van der Waals surface area contributed by atoms with Gasteiger partial charge in [-0.25, -0.2) is 4.79 Å². The summed E-state index contributed by atoms with van der Waals surface area (Å²) in [4.78, 5) is 11.6. The minimum Gasteiger partial charge on any atom is -0.444 e. The first kappa shape index (κ1) is 14.0. The highest BCUT2D eigenvalue weighted by molar-refractivity contribution is 5.85. The predicted octanol–water partition coefficient (Wildman–Crippen LogP) is 2.51. The minimum atomic E-state index is -0.527. The van der Waals surface area contributed by atoms with Gasteiger partial charge < -0.3 is 10.5 Å². The van der Waals surface area contributed by atoms with Crippen LogP contribution in [0.2, 0.25) is 0 Å². The van der Waals surface area contributed by atoms with E-state index in [4.69, 9.17) is 15.9 Å². The lowest BCUT2D eigenvalue weighted by molar-refractivity contribution is 0.0636. The number of carbonyl (C=O) groups is 1. The Kier molecular flexibility index (Phi) is 4.31. The van der Waals surface area contributed by atoms with Gasteiger partial charge in [-0.2, -0.15) is 0 Å². The molecule has 1 rings (SSSR count). The Hall–Kier alpha value is -2.04. The Labute approximate surface area is 107 Å². The highest BCUT2D eigenvalue weighted by atomic mass is 16.6. The fourth-order valence-corrected chi connectivity index (χ4v) is 1.40. The number of nitrogens with one attached hydrogen (secondary N) is 2. The van der Waals surface area contributed by atoms with Gasteiger partial charge in [0.25, 0.3) is 0 Å². The highest BCUT2D eigenvalue weighted by Crippen LogP contribution is 2.13. The number of benzene rings is 1. The van der Waals surface area contributed by atoms with E-state index >= 15 is 0 Å². The lowest BCUT2D eigenvalue weighted by Crippen LogP contribution is -2.27. The van der Waals surface area contributed by atoms with Crippen molar-refractivity contribution in [2.24, 2.45) is 5.73 Å². The van der Waals surface area contributed by atoms with Crippen molar-refractivity contribution in [2.45, 2.75) is 32.8 Å². The van der Waals surface area contributed by atoms with Gasteiger partial charge in [-0.15, -0.1) is 0 Å². The number of amidine groups is 1. The number of rotatable bonds is 3. The summed E-state index contributed by atoms with van der Waals surface area (Å²) in [6, 6.07) is 7.17. The van der Waals surface area contributed by atoms with Crippen LogP contribution in [0.1, 0.15) is 26.3 Å². The van der Waals surface area contributed by atoms with Gasteiger partial charge in [0, 0.05) is 12.1 Å². The Bertz CT molecular complexity index is 450. The van der Waals surface area contributed by atoms with Gasteiger partial charge in [0.05, 0.1) is 5.84 Å². The quantitative estimate of drug-likeness (QED) is 0.568. The van der Waals surface area contributed by atoms with Gasteiger partial charge >= 0.3 is 6.09 Å². The molecule has 5 heteroatoms. The maximum atomic E-state index is 11.6. The van der Waals surface area contributed by atoms with E-state index in [2.05, 4.69) is 5.32 Å². The van der Waals surface area contributed by atoms with Crippen LogP contribution in [0.15, 0.2) is 24.3 Å². The van der Waals surface area contributed by atoms with Gasteiger partial charge in [0.2, 0.25) is 0 Å². The molecular formula is C13H19N3O2. The van der Waals surface area contributed by atoms with Gasteiger partial charge in [-0.05, 0) is 38.5 Å². The van der Waals surface area contributed by atoms with Crippen molar-refractivity contribution in [3.63, 3.8) is 0 Å². The summed E-state index contributed by atoms with van der Waals surface area (Å²) in [6.07, 6.45) is -0.133. The molecular weight excluding hydrogens is 230 g/mol. The van der Waals surface area contributed by atoms with E-state index in [0.717, 1.165) is 5.56 Å². The van der Waals surface area contributed by atoms with Crippen molar-refractivity contribution < 1.29 is 9.53 Å². The van der Waals surface area contributed by atoms with Crippen LogP contribution >= 0.6 is 0 Å². The molecule has 5 nitrogen and oxygen atoms in total. The first-order chi connectivity index (χ1) is 8.26. The number of hydrogen-bond acceptors (Lipinski definition) is 3. The van der Waals surface area contributed by atoms with Crippen LogP contribution in [-0.4, -0.2) is 17.5 Å². The topological polar surface area (TPSA) is 88.2 Å². The third-order valence-electron chi connectivity index (χ3n) is 1.97. The van der Waals surface area contributed by atoms with E-state index in [0.29, 0.717) is 12.1 Å². The molecule has 18 heavy (non-hydrogen) atoms. The zero-order valence-electron chi connectivity index (χ0n) is 10.9. The molecule has 0 aromatic heterocycles. The number of nitrogens with two attached hydrogens (primary N) is 1. The smallest absolute Gasteiger partial charge is 0.412 e. The molecule has 0 unspecified atom stereocenters. The van der Waals surface area contributed by atoms with Crippen molar-refractivity contribution in [3.05, 3.63) is 29.8 Å². The second-order valence-electron chi connectivity index (χ2n) is 5.03. The average molecular weight is 249 g/mol. The average Bonchev–Trinajstić information content (AvgIpc) is 2.13.